The van der Waals surface area contributed by atoms with Gasteiger partial charge in [-0.15, -0.1) is 0 Å². The number of hydrogen-bond donors (Lipinski definition) is 3. The Kier molecular flexibility index (Phi) is 7.10. The van der Waals surface area contributed by atoms with Crippen LogP contribution in [-0.4, -0.2) is 55.8 Å². The number of phenolic OH excluding ortho intramolecular Hbond substituents is 3. The van der Waals surface area contributed by atoms with Crippen LogP contribution in [0.25, 0.3) is 0 Å². The lowest BCUT2D eigenvalue weighted by atomic mass is 9.93. The molecule has 2 unspecified atom stereocenters. The second-order valence-electron chi connectivity index (χ2n) is 8.41. The summed E-state index contributed by atoms with van der Waals surface area (Å²) in [4.78, 5) is 13.3. The Labute approximate surface area is 213 Å². The van der Waals surface area contributed by atoms with Gasteiger partial charge in [-0.3, -0.25) is 0 Å². The summed E-state index contributed by atoms with van der Waals surface area (Å²) < 4.78 is 33.3. The van der Waals surface area contributed by atoms with Gasteiger partial charge >= 0.3 is 5.97 Å². The topological polar surface area (TPSA) is 133 Å². The Balaban J connectivity index is 1.77. The third-order valence-corrected chi connectivity index (χ3v) is 6.24. The Hall–Kier alpha value is -4.47. The molecule has 0 saturated heterocycles. The van der Waals surface area contributed by atoms with Crippen LogP contribution in [0.3, 0.4) is 0 Å². The van der Waals surface area contributed by atoms with Crippen LogP contribution in [0, 0.1) is 6.92 Å². The van der Waals surface area contributed by atoms with Crippen molar-refractivity contribution in [2.75, 3.05) is 28.4 Å². The molecular formula is C27H28O10. The summed E-state index contributed by atoms with van der Waals surface area (Å²) in [5, 5.41) is 30.8. The highest BCUT2D eigenvalue weighted by Crippen LogP contribution is 2.46. The second-order valence-corrected chi connectivity index (χ2v) is 8.41. The van der Waals surface area contributed by atoms with Crippen LogP contribution >= 0.6 is 0 Å². The molecule has 1 heterocycles. The number of fused-ring (bicyclic) bond motifs is 1. The SMILES string of the molecule is COc1cc(C(=O)OC2Cc3c(O)cc(O)cc3OC2c2cc(OC)c(O)c(OC)c2)cc(OC)c1C. The molecule has 1 aliphatic heterocycles. The molecular weight excluding hydrogens is 484 g/mol. The normalized spacial score (nSPS) is 16.2. The zero-order valence-electron chi connectivity index (χ0n) is 21.0. The molecule has 196 valence electrons. The minimum Gasteiger partial charge on any atom is -0.508 e. The van der Waals surface area contributed by atoms with Crippen molar-refractivity contribution in [3.63, 3.8) is 0 Å². The molecule has 2 atom stereocenters. The molecule has 10 nitrogen and oxygen atoms in total. The molecule has 10 heteroatoms. The number of phenols is 3. The molecule has 37 heavy (non-hydrogen) atoms. The predicted octanol–water partition coefficient (Wildman–Crippen LogP) is 4.05. The third-order valence-electron chi connectivity index (χ3n) is 6.24. The van der Waals surface area contributed by atoms with E-state index in [-0.39, 0.29) is 46.5 Å². The van der Waals surface area contributed by atoms with Gasteiger partial charge in [0.1, 0.15) is 34.9 Å². The van der Waals surface area contributed by atoms with Crippen LogP contribution in [0.1, 0.15) is 33.2 Å². The smallest absolute Gasteiger partial charge is 0.338 e. The zero-order chi connectivity index (χ0) is 26.9. The maximum atomic E-state index is 13.3. The maximum Gasteiger partial charge on any atom is 0.338 e. The molecule has 0 fully saturated rings. The van der Waals surface area contributed by atoms with Crippen molar-refractivity contribution < 1.29 is 48.5 Å². The lowest BCUT2D eigenvalue weighted by molar-refractivity contribution is -0.0189. The van der Waals surface area contributed by atoms with Gasteiger partial charge in [0.25, 0.3) is 0 Å². The van der Waals surface area contributed by atoms with E-state index in [9.17, 15) is 20.1 Å². The van der Waals surface area contributed by atoms with Crippen molar-refractivity contribution >= 4 is 5.97 Å². The lowest BCUT2D eigenvalue weighted by Gasteiger charge is -2.34. The summed E-state index contributed by atoms with van der Waals surface area (Å²) in [7, 11) is 5.76. The van der Waals surface area contributed by atoms with Crippen LogP contribution < -0.4 is 23.7 Å². The maximum absolute atomic E-state index is 13.3. The number of hydrogen-bond acceptors (Lipinski definition) is 10. The molecule has 0 radical (unpaired) electrons. The fourth-order valence-corrected chi connectivity index (χ4v) is 4.32. The quantitative estimate of drug-likeness (QED) is 0.398. The largest absolute Gasteiger partial charge is 0.508 e. The van der Waals surface area contributed by atoms with Gasteiger partial charge in [0, 0.05) is 35.2 Å². The molecule has 4 rings (SSSR count). The standard InChI is InChI=1S/C27H28O10/c1-13-19(32-2)8-15(9-20(13)33-3)27(31)37-24-12-17-18(29)10-16(28)11-21(17)36-26(24)14-6-22(34-4)25(30)23(7-14)35-5/h6-11,24,26,28-30H,12H2,1-5H3. The molecule has 1 aliphatic rings. The monoisotopic (exact) mass is 512 g/mol. The fourth-order valence-electron chi connectivity index (χ4n) is 4.32. The van der Waals surface area contributed by atoms with Gasteiger partial charge in [-0.25, -0.2) is 4.79 Å². The fraction of sp³-hybridized carbons (Fsp3) is 0.296. The number of carbonyl (C=O) groups excluding carboxylic acids is 1. The van der Waals surface area contributed by atoms with Crippen molar-refractivity contribution in [2.24, 2.45) is 0 Å². The van der Waals surface area contributed by atoms with Crippen LogP contribution in [0.5, 0.6) is 46.0 Å². The van der Waals surface area contributed by atoms with Crippen LogP contribution in [-0.2, 0) is 11.2 Å². The number of ether oxygens (including phenoxy) is 6. The van der Waals surface area contributed by atoms with Gasteiger partial charge in [0.15, 0.2) is 17.6 Å². The number of methoxy groups -OCH3 is 4. The lowest BCUT2D eigenvalue weighted by Crippen LogP contribution is -2.35. The number of benzene rings is 3. The van der Waals surface area contributed by atoms with Gasteiger partial charge in [0.05, 0.1) is 34.0 Å². The van der Waals surface area contributed by atoms with E-state index in [0.29, 0.717) is 22.6 Å². The van der Waals surface area contributed by atoms with Gasteiger partial charge in [0.2, 0.25) is 5.75 Å². The summed E-state index contributed by atoms with van der Waals surface area (Å²) in [6.45, 7) is 1.80. The second kappa shape index (κ2) is 10.3. The average Bonchev–Trinajstić information content (AvgIpc) is 2.88. The highest BCUT2D eigenvalue weighted by molar-refractivity contribution is 5.91. The van der Waals surface area contributed by atoms with Gasteiger partial charge < -0.3 is 43.7 Å². The number of carbonyl (C=O) groups is 1. The first-order valence-electron chi connectivity index (χ1n) is 11.3. The molecule has 3 aromatic rings. The van der Waals surface area contributed by atoms with Crippen molar-refractivity contribution in [2.45, 2.75) is 25.6 Å². The highest BCUT2D eigenvalue weighted by atomic mass is 16.6. The van der Waals surface area contributed by atoms with Gasteiger partial charge in [-0.05, 0) is 31.2 Å². The number of rotatable bonds is 7. The summed E-state index contributed by atoms with van der Waals surface area (Å²) in [6, 6.07) is 8.72. The highest BCUT2D eigenvalue weighted by Gasteiger charge is 2.37. The Morgan fingerprint density at radius 3 is 1.95 bits per heavy atom. The van der Waals surface area contributed by atoms with Crippen molar-refractivity contribution in [3.05, 3.63) is 58.7 Å². The van der Waals surface area contributed by atoms with Gasteiger partial charge in [-0.1, -0.05) is 0 Å². The van der Waals surface area contributed by atoms with Crippen LogP contribution in [0.4, 0.5) is 0 Å². The van der Waals surface area contributed by atoms with Crippen molar-refractivity contribution in [1.29, 1.82) is 0 Å². The van der Waals surface area contributed by atoms with E-state index in [4.69, 9.17) is 28.4 Å². The van der Waals surface area contributed by atoms with Crippen LogP contribution in [0.2, 0.25) is 0 Å². The zero-order valence-corrected chi connectivity index (χ0v) is 21.0. The van der Waals surface area contributed by atoms with Crippen molar-refractivity contribution in [3.8, 4) is 46.0 Å². The van der Waals surface area contributed by atoms with E-state index in [2.05, 4.69) is 0 Å². The van der Waals surface area contributed by atoms with E-state index in [1.165, 1.54) is 52.7 Å². The molecule has 3 aromatic carbocycles. The van der Waals surface area contributed by atoms with E-state index < -0.39 is 18.2 Å². The Morgan fingerprint density at radius 1 is 0.838 bits per heavy atom. The summed E-state index contributed by atoms with van der Waals surface area (Å²) in [6.07, 6.45) is -1.76. The molecule has 3 N–H and O–H groups in total. The Morgan fingerprint density at radius 2 is 1.41 bits per heavy atom. The molecule has 0 amide bonds. The molecule has 0 spiro atoms. The van der Waals surface area contributed by atoms with Crippen LogP contribution in [0.15, 0.2) is 36.4 Å². The molecule has 0 aromatic heterocycles. The molecule has 0 saturated carbocycles. The van der Waals surface area contributed by atoms with E-state index in [1.54, 1.807) is 19.1 Å². The first-order valence-corrected chi connectivity index (χ1v) is 11.3. The first kappa shape index (κ1) is 25.6. The van der Waals surface area contributed by atoms with E-state index in [1.807, 2.05) is 0 Å². The Bertz CT molecular complexity index is 1280. The molecule has 0 bridgehead atoms. The number of esters is 1. The molecule has 0 aliphatic carbocycles. The minimum absolute atomic E-state index is 0.0729. The van der Waals surface area contributed by atoms with Crippen molar-refractivity contribution in [1.82, 2.24) is 0 Å². The predicted molar refractivity (Wildman–Crippen MR) is 132 cm³/mol. The number of aromatic hydroxyl groups is 3. The third kappa shape index (κ3) is 4.82. The van der Waals surface area contributed by atoms with E-state index >= 15 is 0 Å². The average molecular weight is 513 g/mol. The van der Waals surface area contributed by atoms with E-state index in [0.717, 1.165) is 5.56 Å². The summed E-state index contributed by atoms with van der Waals surface area (Å²) in [5.41, 5.74) is 1.75. The van der Waals surface area contributed by atoms with Gasteiger partial charge in [-0.2, -0.15) is 0 Å². The minimum atomic E-state index is -0.923. The first-order chi connectivity index (χ1) is 17.7. The summed E-state index contributed by atoms with van der Waals surface area (Å²) in [5.74, 6) is 0.116. The summed E-state index contributed by atoms with van der Waals surface area (Å²) >= 11 is 0.